The third kappa shape index (κ3) is 3.35. The largest absolute Gasteiger partial charge is 0.462 e. The van der Waals surface area contributed by atoms with E-state index in [-0.39, 0.29) is 66.2 Å². The highest BCUT2D eigenvalue weighted by Gasteiger charge is 2.65. The van der Waals surface area contributed by atoms with E-state index in [0.29, 0.717) is 41.4 Å². The molecule has 8 rings (SSSR count). The summed E-state index contributed by atoms with van der Waals surface area (Å²) in [4.78, 5) is 34.0. The van der Waals surface area contributed by atoms with E-state index in [1.54, 1.807) is 0 Å². The highest BCUT2D eigenvalue weighted by molar-refractivity contribution is 5.78. The van der Waals surface area contributed by atoms with Gasteiger partial charge in [-0.05, 0) is 54.8 Å². The minimum Gasteiger partial charge on any atom is -0.462 e. The van der Waals surface area contributed by atoms with Crippen LogP contribution in [0.3, 0.4) is 0 Å². The normalized spacial score (nSPS) is 57.3. The standard InChI is InChI=1S/C10H14O2.C9H12O3.C9H14O2/c1-4-6-3-7-8(4)10(11)12-9(7)5(6)2;1-3-5-8-7(12-9(5)10)4(2)6(3)11-8;1-5-3-6(2)8-4-7(5)9(10)11-8/h4-9H,3H2,1-2H3;3-8H,1-2H3;5-8H,3-4H2,1-2H3. The summed E-state index contributed by atoms with van der Waals surface area (Å²) in [5.41, 5.74) is 0. The average molecular weight is 489 g/mol. The first kappa shape index (κ1) is 23.7. The number of ether oxygens (including phenoxy) is 4. The lowest BCUT2D eigenvalue weighted by atomic mass is 9.76. The van der Waals surface area contributed by atoms with Gasteiger partial charge >= 0.3 is 17.9 Å². The summed E-state index contributed by atoms with van der Waals surface area (Å²) < 4.78 is 21.6. The van der Waals surface area contributed by atoms with Crippen LogP contribution in [0.2, 0.25) is 0 Å². The van der Waals surface area contributed by atoms with Crippen LogP contribution in [0.5, 0.6) is 0 Å². The number of carbonyl (C=O) groups is 3. The molecule has 6 bridgehead atoms. The number of esters is 3. The Morgan fingerprint density at radius 3 is 1.91 bits per heavy atom. The Labute approximate surface area is 207 Å². The first-order valence-corrected chi connectivity index (χ1v) is 13.8. The second kappa shape index (κ2) is 8.19. The van der Waals surface area contributed by atoms with Gasteiger partial charge in [-0.1, -0.05) is 41.5 Å². The molecular weight excluding hydrogens is 448 g/mol. The minimum absolute atomic E-state index is 0.0376. The molecule has 5 aliphatic heterocycles. The van der Waals surface area contributed by atoms with Crippen molar-refractivity contribution >= 4 is 17.9 Å². The summed E-state index contributed by atoms with van der Waals surface area (Å²) in [7, 11) is 0. The van der Waals surface area contributed by atoms with Crippen molar-refractivity contribution < 1.29 is 33.3 Å². The van der Waals surface area contributed by atoms with Crippen molar-refractivity contribution in [1.82, 2.24) is 0 Å². The number of rotatable bonds is 0. The summed E-state index contributed by atoms with van der Waals surface area (Å²) in [6.07, 6.45) is 4.28. The van der Waals surface area contributed by atoms with Crippen LogP contribution in [0.1, 0.15) is 60.8 Å². The van der Waals surface area contributed by atoms with E-state index in [9.17, 15) is 14.4 Å². The smallest absolute Gasteiger partial charge is 0.312 e. The van der Waals surface area contributed by atoms with Gasteiger partial charge in [0.25, 0.3) is 0 Å². The predicted molar refractivity (Wildman–Crippen MR) is 125 cm³/mol. The predicted octanol–water partition coefficient (Wildman–Crippen LogP) is 3.63. The van der Waals surface area contributed by atoms with Crippen LogP contribution in [0.15, 0.2) is 0 Å². The molecule has 194 valence electrons. The molecule has 8 aliphatic rings. The second-order valence-corrected chi connectivity index (χ2v) is 12.9. The lowest BCUT2D eigenvalue weighted by Gasteiger charge is -2.26. The molecule has 0 N–H and O–H groups in total. The zero-order valence-electron chi connectivity index (χ0n) is 21.7. The minimum atomic E-state index is -0.0376. The molecule has 7 nitrogen and oxygen atoms in total. The lowest BCUT2D eigenvalue weighted by molar-refractivity contribution is -0.145. The summed E-state index contributed by atoms with van der Waals surface area (Å²) in [6.45, 7) is 13.0. The van der Waals surface area contributed by atoms with Crippen LogP contribution >= 0.6 is 0 Å². The first-order valence-electron chi connectivity index (χ1n) is 13.8. The highest BCUT2D eigenvalue weighted by Crippen LogP contribution is 2.60. The molecule has 3 aliphatic carbocycles. The Kier molecular flexibility index (Phi) is 5.56. The molecular formula is C28H40O7. The van der Waals surface area contributed by atoms with Crippen molar-refractivity contribution in [3.8, 4) is 0 Å². The van der Waals surface area contributed by atoms with E-state index in [4.69, 9.17) is 18.9 Å². The number of hydrogen-bond acceptors (Lipinski definition) is 7. The zero-order valence-corrected chi connectivity index (χ0v) is 21.7. The van der Waals surface area contributed by atoms with E-state index >= 15 is 0 Å². The van der Waals surface area contributed by atoms with Crippen LogP contribution in [-0.2, 0) is 33.3 Å². The fourth-order valence-electron chi connectivity index (χ4n) is 9.14. The Hall–Kier alpha value is -1.63. The quantitative estimate of drug-likeness (QED) is 0.380. The van der Waals surface area contributed by atoms with Crippen LogP contribution in [0, 0.1) is 65.1 Å². The fourth-order valence-corrected chi connectivity index (χ4v) is 9.14. The Bertz CT molecular complexity index is 865. The second-order valence-electron chi connectivity index (χ2n) is 12.9. The first-order chi connectivity index (χ1) is 16.6. The molecule has 35 heavy (non-hydrogen) atoms. The van der Waals surface area contributed by atoms with Gasteiger partial charge < -0.3 is 18.9 Å². The summed E-state index contributed by atoms with van der Waals surface area (Å²) >= 11 is 0. The molecule has 16 unspecified atom stereocenters. The number of hydrogen-bond donors (Lipinski definition) is 0. The molecule has 0 radical (unpaired) electrons. The van der Waals surface area contributed by atoms with Crippen LogP contribution < -0.4 is 0 Å². The third-order valence-electron chi connectivity index (χ3n) is 11.1. The molecule has 8 fully saturated rings. The highest BCUT2D eigenvalue weighted by atomic mass is 16.6. The van der Waals surface area contributed by atoms with Gasteiger partial charge in [0.15, 0.2) is 0 Å². The van der Waals surface area contributed by atoms with Gasteiger partial charge in [0.1, 0.15) is 24.4 Å². The maximum atomic E-state index is 11.4. The van der Waals surface area contributed by atoms with Gasteiger partial charge in [-0.3, -0.25) is 14.4 Å². The number of fused-ring (bicyclic) bond motifs is 4. The summed E-state index contributed by atoms with van der Waals surface area (Å²) in [6, 6.07) is 0. The SMILES string of the molecule is CC1C2CC3C1OC(=O)C3C2C.CC1C2OC3C1OC(=O)C3C2C.CC1CC(C)C2CC1OC2=O. The molecule has 5 saturated heterocycles. The molecule has 0 spiro atoms. The fraction of sp³-hybridized carbons (Fsp3) is 0.893. The Morgan fingerprint density at radius 1 is 0.543 bits per heavy atom. The van der Waals surface area contributed by atoms with Gasteiger partial charge in [-0.15, -0.1) is 0 Å². The number of carbonyl (C=O) groups excluding carboxylic acids is 3. The van der Waals surface area contributed by atoms with Crippen molar-refractivity contribution in [2.75, 3.05) is 0 Å². The third-order valence-corrected chi connectivity index (χ3v) is 11.1. The van der Waals surface area contributed by atoms with E-state index in [2.05, 4.69) is 41.5 Å². The van der Waals surface area contributed by atoms with E-state index in [0.717, 1.165) is 18.8 Å². The van der Waals surface area contributed by atoms with Gasteiger partial charge in [-0.25, -0.2) is 0 Å². The van der Waals surface area contributed by atoms with Crippen molar-refractivity contribution in [3.05, 3.63) is 0 Å². The average Bonchev–Trinajstić information content (AvgIpc) is 3.61. The van der Waals surface area contributed by atoms with Gasteiger partial charge in [0.05, 0.1) is 23.9 Å². The zero-order chi connectivity index (χ0) is 24.9. The Balaban J connectivity index is 0.0000000981. The van der Waals surface area contributed by atoms with Gasteiger partial charge in [-0.2, -0.15) is 0 Å². The van der Waals surface area contributed by atoms with E-state index in [1.807, 2.05) is 0 Å². The van der Waals surface area contributed by atoms with E-state index < -0.39 is 0 Å². The lowest BCUT2D eigenvalue weighted by Crippen LogP contribution is -2.35. The van der Waals surface area contributed by atoms with Crippen molar-refractivity contribution in [1.29, 1.82) is 0 Å². The van der Waals surface area contributed by atoms with Gasteiger partial charge in [0, 0.05) is 11.8 Å². The summed E-state index contributed by atoms with van der Waals surface area (Å²) in [5.74, 6) is 5.02. The molecule has 0 amide bonds. The maximum Gasteiger partial charge on any atom is 0.312 e. The molecule has 0 aromatic heterocycles. The van der Waals surface area contributed by atoms with Gasteiger partial charge in [0.2, 0.25) is 0 Å². The van der Waals surface area contributed by atoms with Crippen molar-refractivity contribution in [2.24, 2.45) is 65.1 Å². The Morgan fingerprint density at radius 2 is 1.23 bits per heavy atom. The van der Waals surface area contributed by atoms with E-state index in [1.165, 1.54) is 6.42 Å². The van der Waals surface area contributed by atoms with Crippen molar-refractivity contribution in [3.63, 3.8) is 0 Å². The van der Waals surface area contributed by atoms with Crippen LogP contribution in [-0.4, -0.2) is 48.4 Å². The molecule has 3 saturated carbocycles. The molecule has 7 heteroatoms. The van der Waals surface area contributed by atoms with Crippen LogP contribution in [0.4, 0.5) is 0 Å². The molecule has 0 aromatic carbocycles. The molecule has 16 atom stereocenters. The topological polar surface area (TPSA) is 88.1 Å². The summed E-state index contributed by atoms with van der Waals surface area (Å²) in [5, 5.41) is 0. The van der Waals surface area contributed by atoms with Crippen LogP contribution in [0.25, 0.3) is 0 Å². The molecule has 5 heterocycles. The monoisotopic (exact) mass is 488 g/mol. The van der Waals surface area contributed by atoms with Crippen molar-refractivity contribution in [2.45, 2.75) is 91.3 Å². The molecule has 0 aromatic rings. The maximum absolute atomic E-state index is 11.4.